The van der Waals surface area contributed by atoms with Crippen molar-refractivity contribution in [1.29, 1.82) is 0 Å². The largest absolute Gasteiger partial charge is 0.400 e. The minimum atomic E-state index is -3.53. The third kappa shape index (κ3) is 7.07. The summed E-state index contributed by atoms with van der Waals surface area (Å²) < 4.78 is 27.0. The molecular weight excluding hydrogens is 500 g/mol. The highest BCUT2D eigenvalue weighted by molar-refractivity contribution is 7.92. The molecule has 0 radical (unpaired) electrons. The van der Waals surface area contributed by atoms with Gasteiger partial charge in [-0.2, -0.15) is 0 Å². The predicted molar refractivity (Wildman–Crippen MR) is 155 cm³/mol. The van der Waals surface area contributed by atoms with E-state index in [9.17, 15) is 13.2 Å². The zero-order valence-corrected chi connectivity index (χ0v) is 24.7. The van der Waals surface area contributed by atoms with Gasteiger partial charge in [0.1, 0.15) is 6.29 Å². The maximum atomic E-state index is 12.8. The molecule has 2 N–H and O–H groups in total. The smallest absolute Gasteiger partial charge is 0.232 e. The van der Waals surface area contributed by atoms with Crippen molar-refractivity contribution in [2.45, 2.75) is 67.0 Å². The van der Waals surface area contributed by atoms with Gasteiger partial charge < -0.3 is 15.0 Å². The molecule has 0 amide bonds. The van der Waals surface area contributed by atoms with E-state index in [1.165, 1.54) is 10.6 Å². The summed E-state index contributed by atoms with van der Waals surface area (Å²) in [6, 6.07) is 12.1. The average Bonchev–Trinajstić information content (AvgIpc) is 2.82. The molecule has 206 valence electrons. The van der Waals surface area contributed by atoms with E-state index < -0.39 is 15.6 Å². The van der Waals surface area contributed by atoms with Crippen LogP contribution in [0.4, 0.5) is 5.69 Å². The number of pyridine rings is 1. The summed E-state index contributed by atoms with van der Waals surface area (Å²) in [4.78, 5) is 16.4. The number of aliphatic hydroxyl groups is 2. The molecule has 2 heterocycles. The summed E-state index contributed by atoms with van der Waals surface area (Å²) in [5.74, 6) is 0. The first-order valence-corrected chi connectivity index (χ1v) is 14.3. The number of hydrogen-bond acceptors (Lipinski definition) is 6. The fraction of sp³-hybridized carbons (Fsp3) is 0.400. The summed E-state index contributed by atoms with van der Waals surface area (Å²) >= 11 is 0. The molecule has 1 aliphatic rings. The second-order valence-corrected chi connectivity index (χ2v) is 12.4. The molecule has 8 heteroatoms. The molecule has 0 atom stereocenters. The van der Waals surface area contributed by atoms with E-state index in [1.54, 1.807) is 20.8 Å². The lowest BCUT2D eigenvalue weighted by molar-refractivity contribution is -0.107. The molecule has 0 spiro atoms. The standard InChI is InChI=1S/C25H26N2O3S.C4H10O.CH4O/c1-15-6-9-19(10-7-15)22-18(4)23-24-20(11-8-16(2)26-24)14-27(31(5,29)30)25(23)17(3)21(22)12-13-28;1-4(2,3)5;1-2/h6-11,13H,12,14H2,1-5H3;5H,1-3H3;2H,1H3. The molecule has 1 aromatic heterocycles. The Morgan fingerprint density at radius 1 is 0.947 bits per heavy atom. The Labute approximate surface area is 227 Å². The maximum absolute atomic E-state index is 12.8. The van der Waals surface area contributed by atoms with Crippen molar-refractivity contribution in [3.8, 4) is 22.4 Å². The van der Waals surface area contributed by atoms with Crippen LogP contribution in [-0.4, -0.2) is 48.9 Å². The Hall–Kier alpha value is -3.07. The number of carbonyl (C=O) groups excluding carboxylic acids is 1. The zero-order valence-electron chi connectivity index (χ0n) is 23.9. The number of sulfonamides is 1. The molecule has 0 saturated carbocycles. The van der Waals surface area contributed by atoms with Crippen molar-refractivity contribution in [3.63, 3.8) is 0 Å². The zero-order chi connectivity index (χ0) is 29.0. The molecule has 0 bridgehead atoms. The predicted octanol–water partition coefficient (Wildman–Crippen LogP) is 5.06. The van der Waals surface area contributed by atoms with E-state index in [-0.39, 0.29) is 13.0 Å². The molecule has 0 saturated heterocycles. The summed E-state index contributed by atoms with van der Waals surface area (Å²) in [5, 5.41) is 15.5. The lowest BCUT2D eigenvalue weighted by Crippen LogP contribution is -2.34. The minimum absolute atomic E-state index is 0.217. The summed E-state index contributed by atoms with van der Waals surface area (Å²) in [7, 11) is -2.53. The van der Waals surface area contributed by atoms with Crippen molar-refractivity contribution in [3.05, 3.63) is 69.9 Å². The van der Waals surface area contributed by atoms with Gasteiger partial charge in [0, 0.05) is 24.8 Å². The van der Waals surface area contributed by atoms with E-state index in [0.29, 0.717) is 5.69 Å². The van der Waals surface area contributed by atoms with E-state index >= 15 is 0 Å². The van der Waals surface area contributed by atoms with Crippen LogP contribution in [0.2, 0.25) is 0 Å². The second-order valence-electron chi connectivity index (χ2n) is 10.5. The van der Waals surface area contributed by atoms with Gasteiger partial charge in [-0.3, -0.25) is 9.29 Å². The fourth-order valence-electron chi connectivity index (χ4n) is 4.54. The number of anilines is 1. The number of aryl methyl sites for hydroxylation is 2. The first kappa shape index (κ1) is 31.1. The highest BCUT2D eigenvalue weighted by Gasteiger charge is 2.34. The van der Waals surface area contributed by atoms with E-state index in [2.05, 4.69) is 12.1 Å². The molecular formula is C30H40N2O5S. The first-order chi connectivity index (χ1) is 17.6. The number of hydrogen-bond donors (Lipinski definition) is 2. The van der Waals surface area contributed by atoms with Gasteiger partial charge in [0.2, 0.25) is 10.0 Å². The summed E-state index contributed by atoms with van der Waals surface area (Å²) in [5.41, 5.74) is 9.30. The number of aromatic nitrogens is 1. The number of carbonyl (C=O) groups is 1. The average molecular weight is 541 g/mol. The summed E-state index contributed by atoms with van der Waals surface area (Å²) in [6.45, 7) is 13.3. The molecule has 38 heavy (non-hydrogen) atoms. The fourth-order valence-corrected chi connectivity index (χ4v) is 5.48. The molecule has 1 aliphatic heterocycles. The molecule has 0 unspecified atom stereocenters. The van der Waals surface area contributed by atoms with Crippen LogP contribution in [-0.2, 0) is 27.8 Å². The SMILES string of the molecule is CC(C)(C)O.CO.Cc1ccc(-c2c(C)c3c(c(C)c2CC=O)N(S(C)(=O)=O)Cc2ccc(C)nc2-3)cc1. The maximum Gasteiger partial charge on any atom is 0.232 e. The van der Waals surface area contributed by atoms with Crippen LogP contribution in [0.25, 0.3) is 22.4 Å². The van der Waals surface area contributed by atoms with Crippen molar-refractivity contribution in [1.82, 2.24) is 4.98 Å². The Morgan fingerprint density at radius 2 is 1.50 bits per heavy atom. The van der Waals surface area contributed by atoms with E-state index in [1.807, 2.05) is 52.0 Å². The van der Waals surface area contributed by atoms with Crippen LogP contribution < -0.4 is 4.31 Å². The van der Waals surface area contributed by atoms with Crippen molar-refractivity contribution < 1.29 is 23.4 Å². The highest BCUT2D eigenvalue weighted by atomic mass is 32.2. The molecule has 0 aliphatic carbocycles. The van der Waals surface area contributed by atoms with Gasteiger partial charge in [0.25, 0.3) is 0 Å². The van der Waals surface area contributed by atoms with Gasteiger partial charge in [0.15, 0.2) is 0 Å². The van der Waals surface area contributed by atoms with Crippen LogP contribution >= 0.6 is 0 Å². The molecule has 3 aromatic rings. The number of benzene rings is 2. The lowest BCUT2D eigenvalue weighted by atomic mass is 9.82. The molecule has 0 fully saturated rings. The first-order valence-electron chi connectivity index (χ1n) is 12.4. The van der Waals surface area contributed by atoms with Crippen molar-refractivity contribution >= 4 is 22.0 Å². The van der Waals surface area contributed by atoms with Crippen molar-refractivity contribution in [2.24, 2.45) is 0 Å². The molecule has 2 aromatic carbocycles. The van der Waals surface area contributed by atoms with Crippen LogP contribution in [0.1, 0.15) is 54.3 Å². The number of rotatable bonds is 4. The Bertz CT molecular complexity index is 1400. The number of fused-ring (bicyclic) bond motifs is 3. The van der Waals surface area contributed by atoms with Crippen LogP contribution in [0.15, 0.2) is 36.4 Å². The Balaban J connectivity index is 0.000000651. The Kier molecular flexibility index (Phi) is 10.00. The van der Waals surface area contributed by atoms with Gasteiger partial charge in [-0.05, 0) is 87.9 Å². The van der Waals surface area contributed by atoms with Gasteiger partial charge in [-0.15, -0.1) is 0 Å². The lowest BCUT2D eigenvalue weighted by Gasteiger charge is -2.35. The van der Waals surface area contributed by atoms with Gasteiger partial charge >= 0.3 is 0 Å². The quantitative estimate of drug-likeness (QED) is 0.448. The molecule has 7 nitrogen and oxygen atoms in total. The number of nitrogens with zero attached hydrogens (tertiary/aromatic N) is 2. The van der Waals surface area contributed by atoms with E-state index in [0.717, 1.165) is 69.3 Å². The Morgan fingerprint density at radius 3 is 2.00 bits per heavy atom. The molecule has 4 rings (SSSR count). The van der Waals surface area contributed by atoms with Crippen LogP contribution in [0, 0.1) is 27.7 Å². The third-order valence-electron chi connectivity index (χ3n) is 6.04. The monoisotopic (exact) mass is 540 g/mol. The minimum Gasteiger partial charge on any atom is -0.400 e. The van der Waals surface area contributed by atoms with Crippen molar-refractivity contribution in [2.75, 3.05) is 17.7 Å². The van der Waals surface area contributed by atoms with E-state index in [4.69, 9.17) is 15.2 Å². The number of aliphatic hydroxyl groups excluding tert-OH is 1. The normalized spacial score (nSPS) is 12.3. The summed E-state index contributed by atoms with van der Waals surface area (Å²) in [6.07, 6.45) is 2.33. The number of aldehydes is 1. The van der Waals surface area contributed by atoms with Crippen LogP contribution in [0.5, 0.6) is 0 Å². The highest BCUT2D eigenvalue weighted by Crippen LogP contribution is 2.48. The second kappa shape index (κ2) is 12.2. The topological polar surface area (TPSA) is 108 Å². The van der Waals surface area contributed by atoms with Crippen LogP contribution in [0.3, 0.4) is 0 Å². The third-order valence-corrected chi connectivity index (χ3v) is 7.16. The van der Waals surface area contributed by atoms with Gasteiger partial charge in [-0.25, -0.2) is 8.42 Å². The van der Waals surface area contributed by atoms with Gasteiger partial charge in [-0.1, -0.05) is 35.9 Å². The van der Waals surface area contributed by atoms with Gasteiger partial charge in [0.05, 0.1) is 29.8 Å².